The molecule has 0 fully saturated rings. The molecule has 3 heteroatoms. The van der Waals surface area contributed by atoms with Crippen LogP contribution in [0.5, 0.6) is 0 Å². The van der Waals surface area contributed by atoms with E-state index >= 15 is 0 Å². The Bertz CT molecular complexity index is 641. The molecule has 0 amide bonds. The predicted octanol–water partition coefficient (Wildman–Crippen LogP) is 4.97. The standard InChI is InChI=1S/C18H19BrFN/c1-2-21-17(15-8-5-9-16(19)18(15)20)11-13-10-12-6-3-4-7-14(12)13/h3-9,13,17,21H,2,10-11H2,1H3. The summed E-state index contributed by atoms with van der Waals surface area (Å²) in [6.45, 7) is 2.91. The largest absolute Gasteiger partial charge is 0.310 e. The summed E-state index contributed by atoms with van der Waals surface area (Å²) in [6.07, 6.45) is 2.05. The Morgan fingerprint density at radius 2 is 2.05 bits per heavy atom. The average molecular weight is 348 g/mol. The van der Waals surface area contributed by atoms with Crippen LogP contribution in [-0.4, -0.2) is 6.54 Å². The Labute approximate surface area is 133 Å². The first-order valence-electron chi connectivity index (χ1n) is 7.45. The van der Waals surface area contributed by atoms with Crippen LogP contribution in [0.4, 0.5) is 4.39 Å². The molecule has 21 heavy (non-hydrogen) atoms. The topological polar surface area (TPSA) is 12.0 Å². The van der Waals surface area contributed by atoms with Gasteiger partial charge in [0.15, 0.2) is 0 Å². The summed E-state index contributed by atoms with van der Waals surface area (Å²) in [5.41, 5.74) is 3.62. The maximum atomic E-state index is 14.4. The van der Waals surface area contributed by atoms with Crippen LogP contribution in [0.25, 0.3) is 0 Å². The third-order valence-corrected chi connectivity index (χ3v) is 4.90. The van der Waals surface area contributed by atoms with E-state index in [0.29, 0.717) is 10.4 Å². The van der Waals surface area contributed by atoms with Crippen molar-refractivity contribution in [3.63, 3.8) is 0 Å². The predicted molar refractivity (Wildman–Crippen MR) is 88.0 cm³/mol. The Morgan fingerprint density at radius 1 is 1.24 bits per heavy atom. The fraction of sp³-hybridized carbons (Fsp3) is 0.333. The SMILES string of the molecule is CCNC(CC1Cc2ccccc21)c1cccc(Br)c1F. The third-order valence-electron chi connectivity index (χ3n) is 4.29. The minimum atomic E-state index is -0.143. The minimum Gasteiger partial charge on any atom is -0.310 e. The molecule has 0 saturated heterocycles. The molecule has 1 N–H and O–H groups in total. The molecule has 110 valence electrons. The van der Waals surface area contributed by atoms with Gasteiger partial charge in [-0.05, 0) is 58.4 Å². The van der Waals surface area contributed by atoms with Gasteiger partial charge in [-0.25, -0.2) is 4.39 Å². The number of hydrogen-bond acceptors (Lipinski definition) is 1. The molecule has 0 aliphatic heterocycles. The van der Waals surface area contributed by atoms with E-state index in [0.717, 1.165) is 24.9 Å². The van der Waals surface area contributed by atoms with E-state index in [-0.39, 0.29) is 11.9 Å². The molecular weight excluding hydrogens is 329 g/mol. The summed E-state index contributed by atoms with van der Waals surface area (Å²) in [6, 6.07) is 14.2. The molecule has 3 rings (SSSR count). The van der Waals surface area contributed by atoms with Crippen molar-refractivity contribution >= 4 is 15.9 Å². The molecule has 2 atom stereocenters. The van der Waals surface area contributed by atoms with Crippen molar-refractivity contribution in [2.24, 2.45) is 0 Å². The monoisotopic (exact) mass is 347 g/mol. The maximum Gasteiger partial charge on any atom is 0.142 e. The van der Waals surface area contributed by atoms with Gasteiger partial charge < -0.3 is 5.32 Å². The van der Waals surface area contributed by atoms with Gasteiger partial charge in [-0.15, -0.1) is 0 Å². The van der Waals surface area contributed by atoms with E-state index in [9.17, 15) is 4.39 Å². The lowest BCUT2D eigenvalue weighted by Gasteiger charge is -2.33. The van der Waals surface area contributed by atoms with Crippen LogP contribution in [0.3, 0.4) is 0 Å². The fourth-order valence-corrected chi connectivity index (χ4v) is 3.60. The van der Waals surface area contributed by atoms with Gasteiger partial charge in [0.05, 0.1) is 4.47 Å². The highest BCUT2D eigenvalue weighted by atomic mass is 79.9. The highest BCUT2D eigenvalue weighted by Gasteiger charge is 2.29. The van der Waals surface area contributed by atoms with E-state index in [1.54, 1.807) is 6.07 Å². The van der Waals surface area contributed by atoms with Crippen LogP contribution >= 0.6 is 15.9 Å². The van der Waals surface area contributed by atoms with Crippen LogP contribution in [0.2, 0.25) is 0 Å². The summed E-state index contributed by atoms with van der Waals surface area (Å²) in [5, 5.41) is 3.44. The second kappa shape index (κ2) is 6.29. The number of hydrogen-bond donors (Lipinski definition) is 1. The van der Waals surface area contributed by atoms with E-state index < -0.39 is 0 Å². The van der Waals surface area contributed by atoms with Crippen LogP contribution in [0.15, 0.2) is 46.9 Å². The van der Waals surface area contributed by atoms with Gasteiger partial charge in [0, 0.05) is 11.6 Å². The van der Waals surface area contributed by atoms with Gasteiger partial charge in [0.2, 0.25) is 0 Å². The van der Waals surface area contributed by atoms with Crippen molar-refractivity contribution in [3.8, 4) is 0 Å². The Kier molecular flexibility index (Phi) is 4.41. The summed E-state index contributed by atoms with van der Waals surface area (Å²) >= 11 is 3.29. The van der Waals surface area contributed by atoms with Gasteiger partial charge in [-0.2, -0.15) is 0 Å². The Hall–Kier alpha value is -1.19. The van der Waals surface area contributed by atoms with E-state index in [1.165, 1.54) is 11.1 Å². The molecule has 2 aromatic carbocycles. The second-order valence-corrected chi connectivity index (χ2v) is 6.44. The summed E-state index contributed by atoms with van der Waals surface area (Å²) in [5.74, 6) is 0.389. The van der Waals surface area contributed by atoms with Crippen molar-refractivity contribution in [1.82, 2.24) is 5.32 Å². The lowest BCUT2D eigenvalue weighted by atomic mass is 9.73. The Balaban J connectivity index is 1.82. The van der Waals surface area contributed by atoms with Crippen LogP contribution in [0, 0.1) is 5.82 Å². The van der Waals surface area contributed by atoms with E-state index in [2.05, 4.69) is 52.4 Å². The Morgan fingerprint density at radius 3 is 2.81 bits per heavy atom. The summed E-state index contributed by atoms with van der Waals surface area (Å²) < 4.78 is 14.9. The summed E-state index contributed by atoms with van der Waals surface area (Å²) in [4.78, 5) is 0. The number of benzene rings is 2. The van der Waals surface area contributed by atoms with Gasteiger partial charge in [-0.1, -0.05) is 43.3 Å². The molecule has 0 radical (unpaired) electrons. The summed E-state index contributed by atoms with van der Waals surface area (Å²) in [7, 11) is 0. The minimum absolute atomic E-state index is 0.0610. The van der Waals surface area contributed by atoms with Crippen LogP contribution < -0.4 is 5.32 Å². The molecule has 1 aliphatic carbocycles. The van der Waals surface area contributed by atoms with Gasteiger partial charge in [-0.3, -0.25) is 0 Å². The molecule has 0 saturated carbocycles. The first-order valence-corrected chi connectivity index (χ1v) is 8.25. The molecule has 0 heterocycles. The van der Waals surface area contributed by atoms with E-state index in [4.69, 9.17) is 0 Å². The molecule has 2 aromatic rings. The van der Waals surface area contributed by atoms with Crippen LogP contribution in [0.1, 0.15) is 42.0 Å². The lowest BCUT2D eigenvalue weighted by molar-refractivity contribution is 0.421. The lowest BCUT2D eigenvalue weighted by Crippen LogP contribution is -2.27. The first-order chi connectivity index (χ1) is 10.2. The molecule has 1 aliphatic rings. The normalized spacial score (nSPS) is 18.0. The van der Waals surface area contributed by atoms with Crippen molar-refractivity contribution < 1.29 is 4.39 Å². The molecule has 1 nitrogen and oxygen atoms in total. The number of rotatable bonds is 5. The first kappa shape index (κ1) is 14.7. The maximum absolute atomic E-state index is 14.4. The zero-order valence-corrected chi connectivity index (χ0v) is 13.7. The van der Waals surface area contributed by atoms with Crippen molar-refractivity contribution in [1.29, 1.82) is 0 Å². The third kappa shape index (κ3) is 2.90. The smallest absolute Gasteiger partial charge is 0.142 e. The van der Waals surface area contributed by atoms with Crippen molar-refractivity contribution in [2.75, 3.05) is 6.54 Å². The molecule has 0 spiro atoms. The van der Waals surface area contributed by atoms with Gasteiger partial charge in [0.25, 0.3) is 0 Å². The second-order valence-electron chi connectivity index (χ2n) is 5.59. The van der Waals surface area contributed by atoms with E-state index in [1.807, 2.05) is 12.1 Å². The fourth-order valence-electron chi connectivity index (χ4n) is 3.21. The number of halogens is 2. The van der Waals surface area contributed by atoms with Crippen molar-refractivity contribution in [2.45, 2.75) is 31.7 Å². The highest BCUT2D eigenvalue weighted by molar-refractivity contribution is 9.10. The number of fused-ring (bicyclic) bond motifs is 1. The van der Waals surface area contributed by atoms with Crippen molar-refractivity contribution in [3.05, 3.63) is 69.4 Å². The quantitative estimate of drug-likeness (QED) is 0.805. The highest BCUT2D eigenvalue weighted by Crippen LogP contribution is 2.41. The average Bonchev–Trinajstić information content (AvgIpc) is 2.47. The van der Waals surface area contributed by atoms with Gasteiger partial charge in [0.1, 0.15) is 5.82 Å². The molecular formula is C18H19BrFN. The van der Waals surface area contributed by atoms with Gasteiger partial charge >= 0.3 is 0 Å². The molecule has 0 bridgehead atoms. The zero-order valence-electron chi connectivity index (χ0n) is 12.1. The van der Waals surface area contributed by atoms with Crippen LogP contribution in [-0.2, 0) is 6.42 Å². The number of nitrogens with one attached hydrogen (secondary N) is 1. The zero-order chi connectivity index (χ0) is 14.8. The molecule has 2 unspecified atom stereocenters. The molecule has 0 aromatic heterocycles.